The van der Waals surface area contributed by atoms with E-state index in [1.54, 1.807) is 6.92 Å². The Balaban J connectivity index is 2.01. The Morgan fingerprint density at radius 1 is 1.00 bits per heavy atom. The Kier molecular flexibility index (Phi) is 7.24. The molecule has 1 atom stereocenters. The molecule has 2 aromatic carbocycles. The van der Waals surface area contributed by atoms with Gasteiger partial charge in [-0.2, -0.15) is 0 Å². The van der Waals surface area contributed by atoms with Crippen LogP contribution in [0.2, 0.25) is 0 Å². The van der Waals surface area contributed by atoms with Crippen molar-refractivity contribution in [3.05, 3.63) is 53.6 Å². The maximum absolute atomic E-state index is 11.4. The number of hydrogen-bond acceptors (Lipinski definition) is 2. The van der Waals surface area contributed by atoms with Gasteiger partial charge >= 0.3 is 0 Å². The summed E-state index contributed by atoms with van der Waals surface area (Å²) < 4.78 is 6.12. The number of aryl methyl sites for hydroxylation is 1. The van der Waals surface area contributed by atoms with Crippen molar-refractivity contribution in [1.82, 2.24) is 0 Å². The topological polar surface area (TPSA) is 26.3 Å². The summed E-state index contributed by atoms with van der Waals surface area (Å²) in [5.74, 6) is 1.06. The first kappa shape index (κ1) is 19.2. The van der Waals surface area contributed by atoms with Gasteiger partial charge in [0, 0.05) is 5.56 Å². The number of Topliss-reactive ketones (excluding diaryl/α,β-unsaturated/α-hetero) is 1. The van der Waals surface area contributed by atoms with E-state index in [-0.39, 0.29) is 11.9 Å². The molecule has 0 fully saturated rings. The molecular weight excluding hydrogens is 308 g/mol. The first-order valence-corrected chi connectivity index (χ1v) is 9.40. The molecule has 0 radical (unpaired) electrons. The molecule has 0 amide bonds. The van der Waals surface area contributed by atoms with E-state index in [0.29, 0.717) is 0 Å². The largest absolute Gasteiger partial charge is 0.490 e. The molecule has 0 N–H and O–H groups in total. The van der Waals surface area contributed by atoms with Crippen molar-refractivity contribution in [2.45, 2.75) is 65.9 Å². The number of carbonyl (C=O) groups excluding carboxylic acids is 1. The molecule has 2 aromatic rings. The number of ketones is 1. The highest BCUT2D eigenvalue weighted by Crippen LogP contribution is 2.27. The fraction of sp³-hybridized carbons (Fsp3) is 0.435. The van der Waals surface area contributed by atoms with Gasteiger partial charge < -0.3 is 4.74 Å². The van der Waals surface area contributed by atoms with Gasteiger partial charge in [0.2, 0.25) is 0 Å². The summed E-state index contributed by atoms with van der Waals surface area (Å²) in [6.07, 6.45) is 6.45. The Hall–Kier alpha value is -2.09. The minimum atomic E-state index is 0.0967. The van der Waals surface area contributed by atoms with Crippen molar-refractivity contribution < 1.29 is 9.53 Å². The van der Waals surface area contributed by atoms with E-state index in [9.17, 15) is 4.79 Å². The number of ether oxygens (including phenoxy) is 1. The Bertz CT molecular complexity index is 686. The molecule has 0 unspecified atom stereocenters. The van der Waals surface area contributed by atoms with Crippen LogP contribution >= 0.6 is 0 Å². The maximum atomic E-state index is 11.4. The van der Waals surface area contributed by atoms with Crippen molar-refractivity contribution in [1.29, 1.82) is 0 Å². The molecule has 2 rings (SSSR count). The van der Waals surface area contributed by atoms with Gasteiger partial charge in [0.05, 0.1) is 6.10 Å². The van der Waals surface area contributed by atoms with Gasteiger partial charge in [-0.1, -0.05) is 56.5 Å². The van der Waals surface area contributed by atoms with E-state index in [1.807, 2.05) is 24.3 Å². The zero-order valence-electron chi connectivity index (χ0n) is 16.0. The Morgan fingerprint density at radius 3 is 2.28 bits per heavy atom. The second-order valence-electron chi connectivity index (χ2n) is 6.89. The van der Waals surface area contributed by atoms with Crippen LogP contribution in [0.3, 0.4) is 0 Å². The van der Waals surface area contributed by atoms with Crippen molar-refractivity contribution in [3.63, 3.8) is 0 Å². The molecule has 0 aliphatic rings. The average molecular weight is 338 g/mol. The molecule has 2 heteroatoms. The van der Waals surface area contributed by atoms with Gasteiger partial charge in [0.15, 0.2) is 5.78 Å². The van der Waals surface area contributed by atoms with E-state index >= 15 is 0 Å². The predicted molar refractivity (Wildman–Crippen MR) is 105 cm³/mol. The lowest BCUT2D eigenvalue weighted by Gasteiger charge is -2.17. The maximum Gasteiger partial charge on any atom is 0.159 e. The van der Waals surface area contributed by atoms with Gasteiger partial charge in [-0.05, 0) is 62.4 Å². The molecule has 0 aromatic heterocycles. The molecule has 2 nitrogen and oxygen atoms in total. The van der Waals surface area contributed by atoms with Crippen molar-refractivity contribution >= 4 is 5.78 Å². The summed E-state index contributed by atoms with van der Waals surface area (Å²) in [6.45, 7) is 8.07. The lowest BCUT2D eigenvalue weighted by molar-refractivity contribution is 0.101. The van der Waals surface area contributed by atoms with Gasteiger partial charge in [-0.15, -0.1) is 0 Å². The Labute approximate surface area is 152 Å². The molecule has 0 spiro atoms. The molecule has 25 heavy (non-hydrogen) atoms. The van der Waals surface area contributed by atoms with Gasteiger partial charge in [0.1, 0.15) is 5.75 Å². The highest BCUT2D eigenvalue weighted by atomic mass is 16.5. The number of benzene rings is 2. The van der Waals surface area contributed by atoms with Crippen LogP contribution in [0.1, 0.15) is 68.8 Å². The van der Waals surface area contributed by atoms with Crippen LogP contribution in [0.25, 0.3) is 11.1 Å². The van der Waals surface area contributed by atoms with Crippen LogP contribution in [0, 0.1) is 6.92 Å². The third-order valence-electron chi connectivity index (χ3n) is 4.59. The zero-order valence-corrected chi connectivity index (χ0v) is 16.0. The van der Waals surface area contributed by atoms with Crippen LogP contribution < -0.4 is 4.74 Å². The lowest BCUT2D eigenvalue weighted by Crippen LogP contribution is -2.12. The van der Waals surface area contributed by atoms with E-state index in [2.05, 4.69) is 39.0 Å². The molecule has 134 valence electrons. The predicted octanol–water partition coefficient (Wildman–Crippen LogP) is 6.60. The quantitative estimate of drug-likeness (QED) is 0.380. The van der Waals surface area contributed by atoms with E-state index < -0.39 is 0 Å². The van der Waals surface area contributed by atoms with Crippen molar-refractivity contribution in [2.24, 2.45) is 0 Å². The normalized spacial score (nSPS) is 12.0. The number of carbonyl (C=O) groups is 1. The second-order valence-corrected chi connectivity index (χ2v) is 6.89. The molecular formula is C23H30O2. The standard InChI is InChI=1S/C23H30O2/c1-5-6-7-8-9-18(3)25-23-15-14-22(16-17(23)2)21-12-10-20(11-13-21)19(4)24/h10-16,18H,5-9H2,1-4H3/t18-/m1/s1. The van der Waals surface area contributed by atoms with Gasteiger partial charge in [0.25, 0.3) is 0 Å². The summed E-state index contributed by atoms with van der Waals surface area (Å²) >= 11 is 0. The van der Waals surface area contributed by atoms with Gasteiger partial charge in [-0.3, -0.25) is 4.79 Å². The Morgan fingerprint density at radius 2 is 1.68 bits per heavy atom. The monoisotopic (exact) mass is 338 g/mol. The van der Waals surface area contributed by atoms with Crippen LogP contribution in [0.15, 0.2) is 42.5 Å². The van der Waals surface area contributed by atoms with E-state index in [0.717, 1.165) is 34.4 Å². The summed E-state index contributed by atoms with van der Waals surface area (Å²) in [4.78, 5) is 11.4. The lowest BCUT2D eigenvalue weighted by atomic mass is 10.0. The summed E-state index contributed by atoms with van der Waals surface area (Å²) in [7, 11) is 0. The first-order valence-electron chi connectivity index (χ1n) is 9.40. The third kappa shape index (κ3) is 5.74. The summed E-state index contributed by atoms with van der Waals surface area (Å²) in [5, 5.41) is 0. The number of hydrogen-bond donors (Lipinski definition) is 0. The van der Waals surface area contributed by atoms with E-state index in [1.165, 1.54) is 25.7 Å². The van der Waals surface area contributed by atoms with E-state index in [4.69, 9.17) is 4.74 Å². The third-order valence-corrected chi connectivity index (χ3v) is 4.59. The summed E-state index contributed by atoms with van der Waals surface area (Å²) in [5.41, 5.74) is 4.16. The minimum absolute atomic E-state index is 0.0967. The molecule has 0 saturated carbocycles. The molecule has 0 bridgehead atoms. The fourth-order valence-corrected chi connectivity index (χ4v) is 2.99. The fourth-order valence-electron chi connectivity index (χ4n) is 2.99. The highest BCUT2D eigenvalue weighted by Gasteiger charge is 2.08. The molecule has 0 heterocycles. The SMILES string of the molecule is CCCCCC[C@@H](C)Oc1ccc(-c2ccc(C(C)=O)cc2)cc1C. The van der Waals surface area contributed by atoms with Crippen LogP contribution in [0.4, 0.5) is 0 Å². The average Bonchev–Trinajstić information content (AvgIpc) is 2.60. The first-order chi connectivity index (χ1) is 12.0. The highest BCUT2D eigenvalue weighted by molar-refractivity contribution is 5.94. The minimum Gasteiger partial charge on any atom is -0.490 e. The van der Waals surface area contributed by atoms with Gasteiger partial charge in [-0.25, -0.2) is 0 Å². The number of rotatable bonds is 9. The zero-order chi connectivity index (χ0) is 18.2. The van der Waals surface area contributed by atoms with Crippen molar-refractivity contribution in [3.8, 4) is 16.9 Å². The van der Waals surface area contributed by atoms with Crippen LogP contribution in [0.5, 0.6) is 5.75 Å². The molecule has 0 aliphatic carbocycles. The molecule has 0 saturated heterocycles. The van der Waals surface area contributed by atoms with Crippen LogP contribution in [-0.4, -0.2) is 11.9 Å². The van der Waals surface area contributed by atoms with Crippen molar-refractivity contribution in [2.75, 3.05) is 0 Å². The second kappa shape index (κ2) is 9.41. The van der Waals surface area contributed by atoms with Crippen LogP contribution in [-0.2, 0) is 0 Å². The smallest absolute Gasteiger partial charge is 0.159 e. The number of unbranched alkanes of at least 4 members (excludes halogenated alkanes) is 3. The summed E-state index contributed by atoms with van der Waals surface area (Å²) in [6, 6.07) is 14.1. The molecule has 0 aliphatic heterocycles.